The summed E-state index contributed by atoms with van der Waals surface area (Å²) in [4.78, 5) is 0. The smallest absolute Gasteiger partial charge is 0.236 e. The fraction of sp³-hybridized carbons (Fsp3) is 0.455. The van der Waals surface area contributed by atoms with Crippen LogP contribution in [0.5, 0.6) is 5.75 Å². The summed E-state index contributed by atoms with van der Waals surface area (Å²) in [5.41, 5.74) is 1.71. The van der Waals surface area contributed by atoms with Gasteiger partial charge in [-0.25, -0.2) is 8.42 Å². The Balaban J connectivity index is 3.07. The molecule has 90 valence electrons. The molecule has 0 amide bonds. The lowest BCUT2D eigenvalue weighted by Crippen LogP contribution is -2.00. The first kappa shape index (κ1) is 13.3. The van der Waals surface area contributed by atoms with Crippen LogP contribution in [0.15, 0.2) is 18.2 Å². The first-order chi connectivity index (χ1) is 7.46. The fourth-order valence-corrected chi connectivity index (χ4v) is 2.52. The molecule has 0 unspecified atom stereocenters. The van der Waals surface area contributed by atoms with Gasteiger partial charge in [-0.15, -0.1) is 0 Å². The van der Waals surface area contributed by atoms with Crippen LogP contribution >= 0.6 is 10.7 Å². The molecule has 5 heteroatoms. The van der Waals surface area contributed by atoms with Crippen LogP contribution in [0.2, 0.25) is 0 Å². The Morgan fingerprint density at radius 1 is 1.38 bits per heavy atom. The van der Waals surface area contributed by atoms with Crippen molar-refractivity contribution in [3.63, 3.8) is 0 Å². The highest BCUT2D eigenvalue weighted by Gasteiger charge is 2.12. The van der Waals surface area contributed by atoms with Crippen molar-refractivity contribution in [2.24, 2.45) is 0 Å². The lowest BCUT2D eigenvalue weighted by molar-refractivity contribution is 0.411. The number of rotatable bonds is 5. The maximum atomic E-state index is 11.0. The minimum atomic E-state index is -3.55. The number of methoxy groups -OCH3 is 1. The SMILES string of the molecule is CCCc1ccc(OC)c(CS(=O)(=O)Cl)c1. The lowest BCUT2D eigenvalue weighted by atomic mass is 10.1. The van der Waals surface area contributed by atoms with E-state index in [0.717, 1.165) is 18.4 Å². The molecule has 1 aromatic rings. The molecule has 0 aliphatic carbocycles. The maximum Gasteiger partial charge on any atom is 0.236 e. The van der Waals surface area contributed by atoms with Gasteiger partial charge in [0, 0.05) is 16.2 Å². The predicted molar refractivity (Wildman–Crippen MR) is 65.5 cm³/mol. The van der Waals surface area contributed by atoms with Gasteiger partial charge in [0.05, 0.1) is 12.9 Å². The van der Waals surface area contributed by atoms with Gasteiger partial charge < -0.3 is 4.74 Å². The Labute approximate surface area is 101 Å². The number of halogens is 1. The third-order valence-corrected chi connectivity index (χ3v) is 3.19. The average molecular weight is 263 g/mol. The van der Waals surface area contributed by atoms with E-state index in [2.05, 4.69) is 6.92 Å². The first-order valence-electron chi connectivity index (χ1n) is 5.04. The van der Waals surface area contributed by atoms with Gasteiger partial charge in [-0.1, -0.05) is 25.5 Å². The minimum Gasteiger partial charge on any atom is -0.496 e. The molecule has 0 saturated carbocycles. The second-order valence-electron chi connectivity index (χ2n) is 3.58. The van der Waals surface area contributed by atoms with Crippen LogP contribution in [0.4, 0.5) is 0 Å². The average Bonchev–Trinajstić information content (AvgIpc) is 2.16. The molecule has 0 aromatic heterocycles. The van der Waals surface area contributed by atoms with Crippen LogP contribution in [-0.2, 0) is 21.2 Å². The Bertz CT molecular complexity index is 454. The second-order valence-corrected chi connectivity index (χ2v) is 6.36. The largest absolute Gasteiger partial charge is 0.496 e. The normalized spacial score (nSPS) is 11.4. The summed E-state index contributed by atoms with van der Waals surface area (Å²) < 4.78 is 27.2. The molecule has 0 radical (unpaired) electrons. The van der Waals surface area contributed by atoms with Gasteiger partial charge >= 0.3 is 0 Å². The van der Waals surface area contributed by atoms with E-state index in [-0.39, 0.29) is 5.75 Å². The second kappa shape index (κ2) is 5.55. The van der Waals surface area contributed by atoms with Gasteiger partial charge in [0.15, 0.2) is 0 Å². The van der Waals surface area contributed by atoms with Crippen LogP contribution in [0.1, 0.15) is 24.5 Å². The molecular formula is C11H15ClO3S. The van der Waals surface area contributed by atoms with E-state index in [1.54, 1.807) is 6.07 Å². The summed E-state index contributed by atoms with van der Waals surface area (Å²) >= 11 is 0. The monoisotopic (exact) mass is 262 g/mol. The summed E-state index contributed by atoms with van der Waals surface area (Å²) in [7, 11) is 3.21. The van der Waals surface area contributed by atoms with Crippen LogP contribution < -0.4 is 4.74 Å². The third kappa shape index (κ3) is 4.02. The molecule has 0 fully saturated rings. The van der Waals surface area contributed by atoms with Gasteiger partial charge in [-0.2, -0.15) is 0 Å². The molecule has 0 heterocycles. The molecule has 1 aromatic carbocycles. The Morgan fingerprint density at radius 3 is 2.56 bits per heavy atom. The number of hydrogen-bond donors (Lipinski definition) is 0. The summed E-state index contributed by atoms with van der Waals surface area (Å²) in [6.07, 6.45) is 1.93. The molecule has 0 saturated heterocycles. The van der Waals surface area contributed by atoms with Crippen molar-refractivity contribution in [2.75, 3.05) is 7.11 Å². The van der Waals surface area contributed by atoms with Gasteiger partial charge in [-0.05, 0) is 18.1 Å². The van der Waals surface area contributed by atoms with Crippen molar-refractivity contribution < 1.29 is 13.2 Å². The Morgan fingerprint density at radius 2 is 2.06 bits per heavy atom. The van der Waals surface area contributed by atoms with Crippen molar-refractivity contribution in [3.05, 3.63) is 29.3 Å². The van der Waals surface area contributed by atoms with Crippen LogP contribution in [-0.4, -0.2) is 15.5 Å². The zero-order valence-corrected chi connectivity index (χ0v) is 10.9. The van der Waals surface area contributed by atoms with Crippen molar-refractivity contribution in [1.29, 1.82) is 0 Å². The van der Waals surface area contributed by atoms with Crippen LogP contribution in [0, 0.1) is 0 Å². The summed E-state index contributed by atoms with van der Waals surface area (Å²) in [6.45, 7) is 2.07. The zero-order valence-electron chi connectivity index (χ0n) is 9.36. The van der Waals surface area contributed by atoms with Crippen molar-refractivity contribution in [1.82, 2.24) is 0 Å². The van der Waals surface area contributed by atoms with Gasteiger partial charge in [0.2, 0.25) is 9.05 Å². The highest BCUT2D eigenvalue weighted by atomic mass is 35.7. The van der Waals surface area contributed by atoms with E-state index in [0.29, 0.717) is 11.3 Å². The number of ether oxygens (including phenoxy) is 1. The summed E-state index contributed by atoms with van der Waals surface area (Å²) in [5, 5.41) is 0. The minimum absolute atomic E-state index is 0.199. The quantitative estimate of drug-likeness (QED) is 0.767. The summed E-state index contributed by atoms with van der Waals surface area (Å²) in [5.74, 6) is 0.360. The maximum absolute atomic E-state index is 11.0. The highest BCUT2D eigenvalue weighted by molar-refractivity contribution is 8.13. The molecule has 0 aliphatic rings. The van der Waals surface area contributed by atoms with Crippen molar-refractivity contribution in [3.8, 4) is 5.75 Å². The van der Waals surface area contributed by atoms with Gasteiger partial charge in [-0.3, -0.25) is 0 Å². The molecule has 0 aliphatic heterocycles. The highest BCUT2D eigenvalue weighted by Crippen LogP contribution is 2.23. The fourth-order valence-electron chi connectivity index (χ4n) is 1.57. The van der Waals surface area contributed by atoms with E-state index in [1.807, 2.05) is 12.1 Å². The zero-order chi connectivity index (χ0) is 12.2. The standard InChI is InChI=1S/C11H15ClO3S/c1-3-4-9-5-6-11(15-2)10(7-9)8-16(12,13)14/h5-7H,3-4,8H2,1-2H3. The van der Waals surface area contributed by atoms with E-state index < -0.39 is 9.05 Å². The molecule has 0 atom stereocenters. The third-order valence-electron chi connectivity index (χ3n) is 2.21. The summed E-state index contributed by atoms with van der Waals surface area (Å²) in [6, 6.07) is 5.55. The van der Waals surface area contributed by atoms with Gasteiger partial charge in [0.25, 0.3) is 0 Å². The molecular weight excluding hydrogens is 248 g/mol. The molecule has 1 rings (SSSR count). The van der Waals surface area contributed by atoms with E-state index >= 15 is 0 Å². The van der Waals surface area contributed by atoms with E-state index in [4.69, 9.17) is 15.4 Å². The van der Waals surface area contributed by atoms with Gasteiger partial charge in [0.1, 0.15) is 5.75 Å². The van der Waals surface area contributed by atoms with E-state index in [9.17, 15) is 8.42 Å². The van der Waals surface area contributed by atoms with Crippen molar-refractivity contribution in [2.45, 2.75) is 25.5 Å². The molecule has 3 nitrogen and oxygen atoms in total. The Hall–Kier alpha value is -0.740. The topological polar surface area (TPSA) is 43.4 Å². The number of benzene rings is 1. The van der Waals surface area contributed by atoms with Crippen LogP contribution in [0.3, 0.4) is 0 Å². The Kier molecular flexibility index (Phi) is 4.62. The number of aryl methyl sites for hydroxylation is 1. The van der Waals surface area contributed by atoms with Crippen molar-refractivity contribution >= 4 is 19.7 Å². The number of hydrogen-bond acceptors (Lipinski definition) is 3. The van der Waals surface area contributed by atoms with E-state index in [1.165, 1.54) is 7.11 Å². The molecule has 0 spiro atoms. The first-order valence-corrected chi connectivity index (χ1v) is 7.52. The molecule has 0 bridgehead atoms. The molecule has 0 N–H and O–H groups in total. The predicted octanol–water partition coefficient (Wildman–Crippen LogP) is 2.72. The molecule has 16 heavy (non-hydrogen) atoms. The lowest BCUT2D eigenvalue weighted by Gasteiger charge is -2.09. The van der Waals surface area contributed by atoms with Crippen LogP contribution in [0.25, 0.3) is 0 Å².